The van der Waals surface area contributed by atoms with Crippen LogP contribution >= 0.6 is 12.2 Å². The number of methoxy groups -OCH3 is 2. The molecule has 0 spiro atoms. The molecule has 2 aromatic carbocycles. The number of aromatic nitrogens is 2. The maximum atomic E-state index is 12.3. The van der Waals surface area contributed by atoms with Crippen LogP contribution in [0, 0.1) is 0 Å². The van der Waals surface area contributed by atoms with Crippen LogP contribution in [0.15, 0.2) is 85.2 Å². The number of ether oxygens (including phenoxy) is 2. The van der Waals surface area contributed by atoms with Crippen molar-refractivity contribution >= 4 is 40.6 Å². The van der Waals surface area contributed by atoms with E-state index in [-0.39, 0.29) is 30.2 Å². The number of carbonyl (C=O) groups is 2. The van der Waals surface area contributed by atoms with E-state index < -0.39 is 5.97 Å². The van der Waals surface area contributed by atoms with Gasteiger partial charge in [-0.25, -0.2) is 4.79 Å². The lowest BCUT2D eigenvalue weighted by Gasteiger charge is -2.29. The normalized spacial score (nSPS) is 16.4. The second kappa shape index (κ2) is 11.6. The number of nitrogens with zero attached hydrogens (tertiary/aromatic N) is 3. The van der Waals surface area contributed by atoms with Gasteiger partial charge in [0.15, 0.2) is 5.11 Å². The Morgan fingerprint density at radius 3 is 2.62 bits per heavy atom. The van der Waals surface area contributed by atoms with E-state index in [1.165, 1.54) is 14.2 Å². The second-order valence-corrected chi connectivity index (χ2v) is 9.41. The third-order valence-corrected chi connectivity index (χ3v) is 6.88. The zero-order valence-electron chi connectivity index (χ0n) is 21.8. The monoisotopic (exact) mass is 557 g/mol. The van der Waals surface area contributed by atoms with Crippen molar-refractivity contribution in [3.05, 3.63) is 102 Å². The van der Waals surface area contributed by atoms with Crippen molar-refractivity contribution < 1.29 is 24.2 Å². The molecule has 1 aliphatic rings. The van der Waals surface area contributed by atoms with Crippen LogP contribution in [0.4, 0.5) is 11.4 Å². The molecule has 2 atom stereocenters. The number of hydrogen-bond acceptors (Lipinski definition) is 6. The highest BCUT2D eigenvalue weighted by molar-refractivity contribution is 7.80. The fourth-order valence-electron chi connectivity index (χ4n) is 4.85. The molecule has 3 heterocycles. The van der Waals surface area contributed by atoms with Gasteiger partial charge in [0, 0.05) is 36.6 Å². The smallest absolute Gasteiger partial charge is 0.335 e. The summed E-state index contributed by atoms with van der Waals surface area (Å²) < 4.78 is 12.4. The van der Waals surface area contributed by atoms with Crippen LogP contribution in [-0.2, 0) is 9.53 Å². The van der Waals surface area contributed by atoms with Gasteiger partial charge in [-0.3, -0.25) is 9.78 Å². The van der Waals surface area contributed by atoms with E-state index in [4.69, 9.17) is 21.7 Å². The highest BCUT2D eigenvalue weighted by Gasteiger charge is 2.42. The molecule has 3 N–H and O–H groups in total. The number of anilines is 2. The number of amides is 1. The van der Waals surface area contributed by atoms with Gasteiger partial charge >= 0.3 is 5.97 Å². The molecule has 1 fully saturated rings. The van der Waals surface area contributed by atoms with Gasteiger partial charge < -0.3 is 34.7 Å². The van der Waals surface area contributed by atoms with Crippen LogP contribution in [0.3, 0.4) is 0 Å². The van der Waals surface area contributed by atoms with Gasteiger partial charge in [0.05, 0.1) is 30.1 Å². The minimum atomic E-state index is -1.01. The molecular weight excluding hydrogens is 530 g/mol. The third-order valence-electron chi connectivity index (χ3n) is 6.56. The fourth-order valence-corrected chi connectivity index (χ4v) is 5.20. The average molecular weight is 558 g/mol. The lowest BCUT2D eigenvalue weighted by molar-refractivity contribution is -0.119. The number of pyridine rings is 1. The van der Waals surface area contributed by atoms with Crippen LogP contribution < -0.4 is 20.3 Å². The Labute approximate surface area is 236 Å². The van der Waals surface area contributed by atoms with Crippen LogP contribution in [0.2, 0.25) is 0 Å². The van der Waals surface area contributed by atoms with Gasteiger partial charge in [-0.1, -0.05) is 12.1 Å². The van der Waals surface area contributed by atoms with Crippen molar-refractivity contribution in [1.29, 1.82) is 0 Å². The van der Waals surface area contributed by atoms with Gasteiger partial charge in [-0.2, -0.15) is 0 Å². The average Bonchev–Trinajstić information content (AvgIpc) is 3.58. The van der Waals surface area contributed by atoms with Crippen LogP contribution in [0.5, 0.6) is 5.75 Å². The summed E-state index contributed by atoms with van der Waals surface area (Å²) in [5.41, 5.74) is 3.69. The predicted octanol–water partition coefficient (Wildman–Crippen LogP) is 4.34. The lowest BCUT2D eigenvalue weighted by Crippen LogP contribution is -2.30. The van der Waals surface area contributed by atoms with Crippen molar-refractivity contribution in [3.63, 3.8) is 0 Å². The Balaban J connectivity index is 1.64. The standard InChI is InChI=1S/C29H27N5O5S/c1-38-17-25(35)31-22-16-20(11-12-24(22)39-2)34-27(26(32-29(34)40)21-9-3-4-13-30-21)23-10-6-14-33(23)19-8-5-7-18(15-19)28(36)37/h3-16,26-27H,17H2,1-2H3,(H,31,35)(H,32,40)(H,36,37)/t26-,27+/m0/s1. The summed E-state index contributed by atoms with van der Waals surface area (Å²) in [5, 5.41) is 16.3. The largest absolute Gasteiger partial charge is 0.495 e. The predicted molar refractivity (Wildman–Crippen MR) is 154 cm³/mol. The Morgan fingerprint density at radius 1 is 1.05 bits per heavy atom. The summed E-state index contributed by atoms with van der Waals surface area (Å²) in [4.78, 5) is 30.6. The van der Waals surface area contributed by atoms with E-state index >= 15 is 0 Å². The zero-order chi connectivity index (χ0) is 28.2. The number of rotatable bonds is 9. The van der Waals surface area contributed by atoms with E-state index in [2.05, 4.69) is 15.6 Å². The number of benzene rings is 2. The first kappa shape index (κ1) is 26.9. The molecule has 11 heteroatoms. The van der Waals surface area contributed by atoms with Gasteiger partial charge in [0.2, 0.25) is 5.91 Å². The molecule has 1 saturated heterocycles. The summed E-state index contributed by atoms with van der Waals surface area (Å²) in [7, 11) is 2.98. The molecule has 2 aromatic heterocycles. The zero-order valence-corrected chi connectivity index (χ0v) is 22.6. The molecule has 4 aromatic rings. The van der Waals surface area contributed by atoms with Crippen molar-refractivity contribution in [2.75, 3.05) is 31.0 Å². The lowest BCUT2D eigenvalue weighted by atomic mass is 10.0. The van der Waals surface area contributed by atoms with E-state index in [9.17, 15) is 14.7 Å². The topological polar surface area (TPSA) is 118 Å². The minimum Gasteiger partial charge on any atom is -0.495 e. The Morgan fingerprint density at radius 2 is 1.90 bits per heavy atom. The molecule has 1 aliphatic heterocycles. The Bertz CT molecular complexity index is 1560. The van der Waals surface area contributed by atoms with Crippen molar-refractivity contribution in [2.24, 2.45) is 0 Å². The summed E-state index contributed by atoms with van der Waals surface area (Å²) in [5.74, 6) is -0.846. The number of carboxylic acids is 1. The molecule has 0 radical (unpaired) electrons. The first-order chi connectivity index (χ1) is 19.4. The quantitative estimate of drug-likeness (QED) is 0.258. The Hall–Kier alpha value is -4.74. The number of carbonyl (C=O) groups excluding carboxylic acids is 1. The molecule has 40 heavy (non-hydrogen) atoms. The van der Waals surface area contributed by atoms with Gasteiger partial charge in [-0.15, -0.1) is 0 Å². The molecular formula is C29H27N5O5S. The molecule has 10 nitrogen and oxygen atoms in total. The van der Waals surface area contributed by atoms with E-state index in [0.717, 1.165) is 11.4 Å². The Kier molecular flexibility index (Phi) is 7.76. The molecule has 0 bridgehead atoms. The summed E-state index contributed by atoms with van der Waals surface area (Å²) in [6, 6.07) is 21.0. The summed E-state index contributed by atoms with van der Waals surface area (Å²) in [6.07, 6.45) is 3.61. The fraction of sp³-hybridized carbons (Fsp3) is 0.172. The summed E-state index contributed by atoms with van der Waals surface area (Å²) in [6.45, 7) is -0.107. The SMILES string of the molecule is COCC(=O)Nc1cc(N2C(=S)N[C@@H](c3ccccn3)[C@H]2c2cccn2-c2cccc(C(=O)O)c2)ccc1OC. The maximum Gasteiger partial charge on any atom is 0.335 e. The highest BCUT2D eigenvalue weighted by atomic mass is 32.1. The molecule has 5 rings (SSSR count). The first-order valence-electron chi connectivity index (χ1n) is 12.4. The van der Waals surface area contributed by atoms with Gasteiger partial charge in [-0.05, 0) is 72.9 Å². The van der Waals surface area contributed by atoms with Crippen LogP contribution in [-0.4, -0.2) is 52.5 Å². The third kappa shape index (κ3) is 5.24. The molecule has 0 aliphatic carbocycles. The number of nitrogens with one attached hydrogen (secondary N) is 2. The highest BCUT2D eigenvalue weighted by Crippen LogP contribution is 2.43. The van der Waals surface area contributed by atoms with Crippen molar-refractivity contribution in [2.45, 2.75) is 12.1 Å². The van der Waals surface area contributed by atoms with E-state index in [0.29, 0.717) is 27.9 Å². The van der Waals surface area contributed by atoms with E-state index in [1.807, 2.05) is 58.1 Å². The van der Waals surface area contributed by atoms with Crippen molar-refractivity contribution in [1.82, 2.24) is 14.9 Å². The van der Waals surface area contributed by atoms with Crippen molar-refractivity contribution in [3.8, 4) is 11.4 Å². The second-order valence-electron chi connectivity index (χ2n) is 9.02. The van der Waals surface area contributed by atoms with Gasteiger partial charge in [0.25, 0.3) is 0 Å². The molecule has 0 saturated carbocycles. The van der Waals surface area contributed by atoms with Crippen LogP contribution in [0.25, 0.3) is 5.69 Å². The minimum absolute atomic E-state index is 0.107. The maximum absolute atomic E-state index is 12.3. The van der Waals surface area contributed by atoms with Gasteiger partial charge in [0.1, 0.15) is 18.4 Å². The number of thiocarbonyl (C=S) groups is 1. The first-order valence-corrected chi connectivity index (χ1v) is 12.8. The summed E-state index contributed by atoms with van der Waals surface area (Å²) >= 11 is 5.86. The van der Waals surface area contributed by atoms with Crippen LogP contribution in [0.1, 0.15) is 33.8 Å². The van der Waals surface area contributed by atoms with E-state index in [1.54, 1.807) is 36.5 Å². The number of carboxylic acid groups (broad SMARTS) is 1. The molecule has 204 valence electrons. The number of hydrogen-bond donors (Lipinski definition) is 3. The molecule has 0 unspecified atom stereocenters. The number of aromatic carboxylic acids is 1. The molecule has 1 amide bonds.